The zero-order valence-corrected chi connectivity index (χ0v) is 14.8. The number of amides is 1. The van der Waals surface area contributed by atoms with Gasteiger partial charge < -0.3 is 10.2 Å². The number of anilines is 2. The lowest BCUT2D eigenvalue weighted by Gasteiger charge is -2.35. The molecule has 0 atom stereocenters. The maximum Gasteiger partial charge on any atom is 0.238 e. The molecule has 2 heterocycles. The first kappa shape index (κ1) is 17.6. The minimum Gasteiger partial charge on any atom is -0.354 e. The van der Waals surface area contributed by atoms with Crippen LogP contribution in [0.2, 0.25) is 5.02 Å². The zero-order valence-electron chi connectivity index (χ0n) is 14.0. The minimum atomic E-state index is -0.476. The van der Waals surface area contributed by atoms with Crippen molar-refractivity contribution in [2.45, 2.75) is 6.92 Å². The number of hydrogen-bond acceptors (Lipinski definition) is 4. The maximum atomic E-state index is 13.2. The van der Waals surface area contributed by atoms with Gasteiger partial charge in [-0.1, -0.05) is 23.7 Å². The summed E-state index contributed by atoms with van der Waals surface area (Å²) in [5.41, 5.74) is 1.60. The van der Waals surface area contributed by atoms with Gasteiger partial charge in [-0.15, -0.1) is 0 Å². The minimum absolute atomic E-state index is 0.0669. The van der Waals surface area contributed by atoms with E-state index >= 15 is 0 Å². The summed E-state index contributed by atoms with van der Waals surface area (Å²) in [6.45, 7) is 5.05. The van der Waals surface area contributed by atoms with E-state index in [2.05, 4.69) is 15.2 Å². The Bertz CT molecular complexity index is 762. The summed E-state index contributed by atoms with van der Waals surface area (Å²) < 4.78 is 13.2. The molecule has 0 unspecified atom stereocenters. The van der Waals surface area contributed by atoms with Crippen molar-refractivity contribution in [3.63, 3.8) is 0 Å². The molecule has 1 aromatic heterocycles. The van der Waals surface area contributed by atoms with Crippen molar-refractivity contribution in [1.29, 1.82) is 0 Å². The average molecular weight is 363 g/mol. The van der Waals surface area contributed by atoms with E-state index in [0.29, 0.717) is 30.5 Å². The number of hydrogen-bond donors (Lipinski definition) is 1. The molecule has 1 saturated heterocycles. The number of carbonyl (C=O) groups excluding carboxylic acids is 1. The Hall–Kier alpha value is -2.18. The van der Waals surface area contributed by atoms with Crippen molar-refractivity contribution >= 4 is 29.0 Å². The van der Waals surface area contributed by atoms with Crippen LogP contribution >= 0.6 is 11.6 Å². The van der Waals surface area contributed by atoms with E-state index < -0.39 is 5.95 Å². The lowest BCUT2D eigenvalue weighted by Crippen LogP contribution is -2.49. The van der Waals surface area contributed by atoms with Gasteiger partial charge in [-0.3, -0.25) is 9.69 Å². The van der Waals surface area contributed by atoms with Crippen molar-refractivity contribution in [1.82, 2.24) is 9.88 Å². The Morgan fingerprint density at radius 2 is 1.92 bits per heavy atom. The molecule has 5 nitrogen and oxygen atoms in total. The van der Waals surface area contributed by atoms with Crippen molar-refractivity contribution in [2.75, 3.05) is 42.9 Å². The summed E-state index contributed by atoms with van der Waals surface area (Å²) in [6, 6.07) is 10.2. The number of piperazine rings is 1. The molecule has 1 fully saturated rings. The van der Waals surface area contributed by atoms with Gasteiger partial charge >= 0.3 is 0 Å². The number of carbonyl (C=O) groups is 1. The summed E-state index contributed by atoms with van der Waals surface area (Å²) in [7, 11) is 0. The molecule has 25 heavy (non-hydrogen) atoms. The van der Waals surface area contributed by atoms with E-state index in [1.165, 1.54) is 6.07 Å². The van der Waals surface area contributed by atoms with E-state index in [-0.39, 0.29) is 5.91 Å². The fraction of sp³-hybridized carbons (Fsp3) is 0.333. The SMILES string of the molecule is Cc1c(Cl)cccc1NC(=O)CN1CCN(c2cccc(F)n2)CC1. The van der Waals surface area contributed by atoms with Crippen molar-refractivity contribution in [3.8, 4) is 0 Å². The van der Waals surface area contributed by atoms with Crippen molar-refractivity contribution < 1.29 is 9.18 Å². The summed E-state index contributed by atoms with van der Waals surface area (Å²) in [4.78, 5) is 20.3. The number of nitrogens with one attached hydrogen (secondary N) is 1. The Morgan fingerprint density at radius 1 is 1.20 bits per heavy atom. The molecule has 1 N–H and O–H groups in total. The van der Waals surface area contributed by atoms with Crippen LogP contribution in [-0.4, -0.2) is 48.5 Å². The van der Waals surface area contributed by atoms with Crippen molar-refractivity contribution in [3.05, 3.63) is 52.9 Å². The second-order valence-corrected chi connectivity index (χ2v) is 6.45. The molecular formula is C18H20ClFN4O. The molecule has 132 valence electrons. The molecule has 1 amide bonds. The number of nitrogens with zero attached hydrogens (tertiary/aromatic N) is 3. The van der Waals surface area contributed by atoms with E-state index in [0.717, 1.165) is 24.3 Å². The van der Waals surface area contributed by atoms with Gasteiger partial charge in [0.1, 0.15) is 5.82 Å². The van der Waals surface area contributed by atoms with Crippen LogP contribution in [0, 0.1) is 12.9 Å². The van der Waals surface area contributed by atoms with Crippen LogP contribution in [0.1, 0.15) is 5.56 Å². The first-order chi connectivity index (χ1) is 12.0. The fourth-order valence-corrected chi connectivity index (χ4v) is 3.02. The maximum absolute atomic E-state index is 13.2. The molecule has 1 aliphatic rings. The Morgan fingerprint density at radius 3 is 2.64 bits per heavy atom. The number of rotatable bonds is 4. The molecule has 1 aliphatic heterocycles. The molecule has 1 aromatic carbocycles. The first-order valence-corrected chi connectivity index (χ1v) is 8.55. The molecule has 3 rings (SSSR count). The quantitative estimate of drug-likeness (QED) is 0.849. The number of aromatic nitrogens is 1. The predicted molar refractivity (Wildman–Crippen MR) is 97.7 cm³/mol. The molecule has 0 aliphatic carbocycles. The van der Waals surface area contributed by atoms with Crippen LogP contribution in [-0.2, 0) is 4.79 Å². The van der Waals surface area contributed by atoms with Crippen molar-refractivity contribution in [2.24, 2.45) is 0 Å². The summed E-state index contributed by atoms with van der Waals surface area (Å²) in [5, 5.41) is 3.54. The van der Waals surface area contributed by atoms with Gasteiger partial charge in [0.2, 0.25) is 11.9 Å². The van der Waals surface area contributed by atoms with Gasteiger partial charge in [0, 0.05) is 36.9 Å². The van der Waals surface area contributed by atoms with Crippen LogP contribution in [0.5, 0.6) is 0 Å². The third-order valence-electron chi connectivity index (χ3n) is 4.31. The Balaban J connectivity index is 1.52. The number of benzene rings is 1. The number of halogens is 2. The lowest BCUT2D eigenvalue weighted by molar-refractivity contribution is -0.117. The standard InChI is InChI=1S/C18H20ClFN4O/c1-13-14(19)4-2-5-15(13)21-18(25)12-23-8-10-24(11-9-23)17-7-3-6-16(20)22-17/h2-7H,8-12H2,1H3,(H,21,25). The van der Waals surface area contributed by atoms with Gasteiger partial charge in [-0.2, -0.15) is 4.39 Å². The second-order valence-electron chi connectivity index (χ2n) is 6.04. The Labute approximate surface area is 151 Å². The zero-order chi connectivity index (χ0) is 17.8. The van der Waals surface area contributed by atoms with Crippen LogP contribution in [0.4, 0.5) is 15.9 Å². The van der Waals surface area contributed by atoms with E-state index in [1.54, 1.807) is 18.2 Å². The van der Waals surface area contributed by atoms with Gasteiger partial charge in [-0.05, 0) is 36.8 Å². The highest BCUT2D eigenvalue weighted by molar-refractivity contribution is 6.31. The van der Waals surface area contributed by atoms with E-state index in [9.17, 15) is 9.18 Å². The molecule has 0 bridgehead atoms. The summed E-state index contributed by atoms with van der Waals surface area (Å²) in [6.07, 6.45) is 0. The highest BCUT2D eigenvalue weighted by Gasteiger charge is 2.20. The van der Waals surface area contributed by atoms with Crippen LogP contribution in [0.3, 0.4) is 0 Å². The third-order valence-corrected chi connectivity index (χ3v) is 4.72. The van der Waals surface area contributed by atoms with Crippen LogP contribution < -0.4 is 10.2 Å². The number of pyridine rings is 1. The van der Waals surface area contributed by atoms with Crippen LogP contribution in [0.25, 0.3) is 0 Å². The first-order valence-electron chi connectivity index (χ1n) is 8.18. The Kier molecular flexibility index (Phi) is 5.50. The van der Waals surface area contributed by atoms with Gasteiger partial charge in [-0.25, -0.2) is 4.98 Å². The third kappa shape index (κ3) is 4.46. The molecule has 0 radical (unpaired) electrons. The highest BCUT2D eigenvalue weighted by Crippen LogP contribution is 2.23. The fourth-order valence-electron chi connectivity index (χ4n) is 2.84. The topological polar surface area (TPSA) is 48.5 Å². The second kappa shape index (κ2) is 7.80. The van der Waals surface area contributed by atoms with Gasteiger partial charge in [0.05, 0.1) is 6.54 Å². The normalized spacial score (nSPS) is 15.2. The smallest absolute Gasteiger partial charge is 0.238 e. The van der Waals surface area contributed by atoms with Gasteiger partial charge in [0.15, 0.2) is 0 Å². The molecule has 7 heteroatoms. The largest absolute Gasteiger partial charge is 0.354 e. The molecule has 0 spiro atoms. The molecule has 0 saturated carbocycles. The predicted octanol–water partition coefficient (Wildman–Crippen LogP) is 2.94. The van der Waals surface area contributed by atoms with Gasteiger partial charge in [0.25, 0.3) is 0 Å². The monoisotopic (exact) mass is 362 g/mol. The molecule has 2 aromatic rings. The summed E-state index contributed by atoms with van der Waals surface area (Å²) >= 11 is 6.07. The van der Waals surface area contributed by atoms with E-state index in [4.69, 9.17) is 11.6 Å². The average Bonchev–Trinajstić information content (AvgIpc) is 2.60. The van der Waals surface area contributed by atoms with E-state index in [1.807, 2.05) is 24.0 Å². The molecular weight excluding hydrogens is 343 g/mol. The highest BCUT2D eigenvalue weighted by atomic mass is 35.5. The lowest BCUT2D eigenvalue weighted by atomic mass is 10.2. The summed E-state index contributed by atoms with van der Waals surface area (Å²) in [5.74, 6) is 0.0950. The van der Waals surface area contributed by atoms with Crippen LogP contribution in [0.15, 0.2) is 36.4 Å².